The van der Waals surface area contributed by atoms with Crippen LogP contribution < -0.4 is 5.73 Å². The first-order valence-electron chi connectivity index (χ1n) is 6.60. The Kier molecular flexibility index (Phi) is 10.4. The van der Waals surface area contributed by atoms with Gasteiger partial charge in [-0.05, 0) is 26.9 Å². The molecular formula is C13H29N3O. The number of rotatable bonds is 0. The fraction of sp³-hybridized carbons (Fsp3) is 0.923. The van der Waals surface area contributed by atoms with E-state index < -0.39 is 0 Å². The highest BCUT2D eigenvalue weighted by Gasteiger charge is 2.08. The van der Waals surface area contributed by atoms with Crippen LogP contribution in [0.25, 0.3) is 0 Å². The fourth-order valence-electron chi connectivity index (χ4n) is 2.04. The van der Waals surface area contributed by atoms with Gasteiger partial charge in [-0.15, -0.1) is 0 Å². The average molecular weight is 243 g/mol. The first kappa shape index (κ1) is 16.6. The Morgan fingerprint density at radius 3 is 1.47 bits per heavy atom. The predicted octanol–water partition coefficient (Wildman–Crippen LogP) is 0.957. The van der Waals surface area contributed by atoms with Crippen LogP contribution in [0.15, 0.2) is 0 Å². The third-order valence-electron chi connectivity index (χ3n) is 3.38. The van der Waals surface area contributed by atoms with Gasteiger partial charge in [0.2, 0.25) is 0 Å². The number of carbonyl (C=O) groups is 1. The number of likely N-dealkylation sites (N-methyl/N-ethyl adjacent to an activating group) is 2. The summed E-state index contributed by atoms with van der Waals surface area (Å²) in [5.74, 6) is 0. The van der Waals surface area contributed by atoms with Gasteiger partial charge in [0.05, 0.1) is 0 Å². The van der Waals surface area contributed by atoms with Crippen LogP contribution >= 0.6 is 0 Å². The Balaban J connectivity index is 0.000000265. The van der Waals surface area contributed by atoms with E-state index in [0.717, 1.165) is 0 Å². The zero-order chi connectivity index (χ0) is 13.1. The summed E-state index contributed by atoms with van der Waals surface area (Å²) in [7, 11) is 4.35. The Hall–Kier alpha value is -0.450. The molecule has 4 nitrogen and oxygen atoms in total. The molecule has 2 fully saturated rings. The lowest BCUT2D eigenvalue weighted by Gasteiger charge is -2.28. The second kappa shape index (κ2) is 10.7. The molecule has 1 heterocycles. The molecular weight excluding hydrogens is 214 g/mol. The van der Waals surface area contributed by atoms with Crippen molar-refractivity contribution in [3.05, 3.63) is 0 Å². The van der Waals surface area contributed by atoms with Crippen molar-refractivity contribution < 1.29 is 4.79 Å². The standard InChI is InChI=1S/C6H14N2.C6H13N.CH2O/c1-7-3-5-8(2)6-4-7;7-6-4-2-1-3-5-6;1-2/h3-6H2,1-2H3;6H,1-5,7H2;1H2. The minimum atomic E-state index is 0.536. The van der Waals surface area contributed by atoms with E-state index in [1.165, 1.54) is 58.3 Å². The topological polar surface area (TPSA) is 49.6 Å². The molecule has 1 saturated heterocycles. The molecule has 0 spiro atoms. The molecule has 0 aromatic carbocycles. The van der Waals surface area contributed by atoms with Gasteiger partial charge in [-0.2, -0.15) is 0 Å². The van der Waals surface area contributed by atoms with E-state index >= 15 is 0 Å². The first-order valence-corrected chi connectivity index (χ1v) is 6.60. The molecule has 1 saturated carbocycles. The van der Waals surface area contributed by atoms with Gasteiger partial charge in [0.15, 0.2) is 0 Å². The summed E-state index contributed by atoms with van der Waals surface area (Å²) in [6.45, 7) is 6.93. The number of hydrogen-bond acceptors (Lipinski definition) is 4. The van der Waals surface area contributed by atoms with Crippen LogP contribution in [-0.4, -0.2) is 62.9 Å². The molecule has 1 aliphatic heterocycles. The Labute approximate surface area is 106 Å². The number of carbonyl (C=O) groups excluding carboxylic acids is 1. The van der Waals surface area contributed by atoms with Crippen molar-refractivity contribution in [1.82, 2.24) is 9.80 Å². The van der Waals surface area contributed by atoms with Gasteiger partial charge in [-0.25, -0.2) is 0 Å². The van der Waals surface area contributed by atoms with Gasteiger partial charge >= 0.3 is 0 Å². The Morgan fingerprint density at radius 1 is 0.882 bits per heavy atom. The third-order valence-corrected chi connectivity index (χ3v) is 3.38. The van der Waals surface area contributed by atoms with E-state index in [0.29, 0.717) is 6.04 Å². The molecule has 102 valence electrons. The fourth-order valence-corrected chi connectivity index (χ4v) is 2.04. The molecule has 0 unspecified atom stereocenters. The lowest BCUT2D eigenvalue weighted by molar-refractivity contribution is -0.0979. The molecule has 1 aliphatic carbocycles. The van der Waals surface area contributed by atoms with Crippen LogP contribution in [-0.2, 0) is 4.79 Å². The van der Waals surface area contributed by atoms with Gasteiger partial charge in [0.1, 0.15) is 6.79 Å². The second-order valence-electron chi connectivity index (χ2n) is 5.00. The lowest BCUT2D eigenvalue weighted by Crippen LogP contribution is -2.42. The van der Waals surface area contributed by atoms with Gasteiger partial charge in [0.25, 0.3) is 0 Å². The molecule has 17 heavy (non-hydrogen) atoms. The van der Waals surface area contributed by atoms with Crippen molar-refractivity contribution in [1.29, 1.82) is 0 Å². The van der Waals surface area contributed by atoms with Gasteiger partial charge in [-0.3, -0.25) is 0 Å². The summed E-state index contributed by atoms with van der Waals surface area (Å²) in [4.78, 5) is 12.7. The maximum atomic E-state index is 8.00. The minimum Gasteiger partial charge on any atom is -0.328 e. The van der Waals surface area contributed by atoms with E-state index in [1.54, 1.807) is 0 Å². The van der Waals surface area contributed by atoms with Crippen LogP contribution in [0.3, 0.4) is 0 Å². The van der Waals surface area contributed by atoms with E-state index in [1.807, 2.05) is 6.79 Å². The van der Waals surface area contributed by atoms with E-state index in [2.05, 4.69) is 23.9 Å². The monoisotopic (exact) mass is 243 g/mol. The first-order chi connectivity index (χ1) is 8.18. The highest BCUT2D eigenvalue weighted by molar-refractivity contribution is 5.10. The van der Waals surface area contributed by atoms with Gasteiger partial charge < -0.3 is 20.3 Å². The molecule has 4 heteroatoms. The molecule has 0 atom stereocenters. The summed E-state index contributed by atoms with van der Waals surface area (Å²) in [5, 5.41) is 0. The highest BCUT2D eigenvalue weighted by Crippen LogP contribution is 2.14. The summed E-state index contributed by atoms with van der Waals surface area (Å²) in [6, 6.07) is 0.536. The molecule has 0 bridgehead atoms. The van der Waals surface area contributed by atoms with E-state index in [4.69, 9.17) is 10.5 Å². The maximum Gasteiger partial charge on any atom is 0.106 e. The smallest absolute Gasteiger partial charge is 0.106 e. The second-order valence-corrected chi connectivity index (χ2v) is 5.00. The summed E-state index contributed by atoms with van der Waals surface area (Å²) in [5.41, 5.74) is 5.63. The van der Waals surface area contributed by atoms with Crippen molar-refractivity contribution in [3.63, 3.8) is 0 Å². The van der Waals surface area contributed by atoms with E-state index in [-0.39, 0.29) is 0 Å². The number of piperazine rings is 1. The maximum absolute atomic E-state index is 8.00. The number of hydrogen-bond donors (Lipinski definition) is 1. The summed E-state index contributed by atoms with van der Waals surface area (Å²) in [6.07, 6.45) is 6.66. The highest BCUT2D eigenvalue weighted by atomic mass is 16.1. The van der Waals surface area contributed by atoms with Gasteiger partial charge in [0, 0.05) is 32.2 Å². The average Bonchev–Trinajstić information content (AvgIpc) is 2.37. The van der Waals surface area contributed by atoms with Crippen molar-refractivity contribution in [3.8, 4) is 0 Å². The van der Waals surface area contributed by atoms with Crippen LogP contribution in [0.5, 0.6) is 0 Å². The van der Waals surface area contributed by atoms with Crippen molar-refractivity contribution in [2.24, 2.45) is 5.73 Å². The van der Waals surface area contributed by atoms with Crippen LogP contribution in [0.1, 0.15) is 32.1 Å². The number of nitrogens with two attached hydrogens (primary N) is 1. The molecule has 2 aliphatic rings. The van der Waals surface area contributed by atoms with Crippen LogP contribution in [0, 0.1) is 0 Å². The SMILES string of the molecule is C=O.CN1CCN(C)CC1.NC1CCCCC1. The van der Waals surface area contributed by atoms with Crippen LogP contribution in [0.4, 0.5) is 0 Å². The summed E-state index contributed by atoms with van der Waals surface area (Å²) >= 11 is 0. The Bertz CT molecular complexity index is 154. The third kappa shape index (κ3) is 9.27. The van der Waals surface area contributed by atoms with Gasteiger partial charge in [-0.1, -0.05) is 19.3 Å². The normalized spacial score (nSPS) is 23.0. The quantitative estimate of drug-likeness (QED) is 0.688. The molecule has 0 amide bonds. The molecule has 2 rings (SSSR count). The van der Waals surface area contributed by atoms with Crippen molar-refractivity contribution in [2.75, 3.05) is 40.3 Å². The zero-order valence-corrected chi connectivity index (χ0v) is 11.5. The molecule has 0 aromatic rings. The van der Waals surface area contributed by atoms with Crippen molar-refractivity contribution >= 4 is 6.79 Å². The minimum absolute atomic E-state index is 0.536. The number of nitrogens with zero attached hydrogens (tertiary/aromatic N) is 2. The zero-order valence-electron chi connectivity index (χ0n) is 11.5. The molecule has 2 N–H and O–H groups in total. The predicted molar refractivity (Wildman–Crippen MR) is 73.2 cm³/mol. The van der Waals surface area contributed by atoms with Crippen LogP contribution in [0.2, 0.25) is 0 Å². The molecule has 0 radical (unpaired) electrons. The van der Waals surface area contributed by atoms with E-state index in [9.17, 15) is 0 Å². The molecule has 0 aromatic heterocycles. The summed E-state index contributed by atoms with van der Waals surface area (Å²) < 4.78 is 0. The lowest BCUT2D eigenvalue weighted by atomic mass is 9.97. The Morgan fingerprint density at radius 2 is 1.24 bits per heavy atom. The largest absolute Gasteiger partial charge is 0.328 e. The van der Waals surface area contributed by atoms with Crippen molar-refractivity contribution in [2.45, 2.75) is 38.1 Å².